The number of methoxy groups -OCH3 is 2. The van der Waals surface area contributed by atoms with Gasteiger partial charge in [-0.05, 0) is 24.3 Å². The molecule has 0 unspecified atom stereocenters. The number of rotatable bonds is 6. The number of ether oxygens (including phenoxy) is 2. The zero-order valence-corrected chi connectivity index (χ0v) is 15.6. The molecular formula is C17H16N4O5S. The Morgan fingerprint density at radius 2 is 2.07 bits per heavy atom. The molecule has 3 rings (SSSR count). The summed E-state index contributed by atoms with van der Waals surface area (Å²) in [5, 5.41) is 17.0. The predicted octanol–water partition coefficient (Wildman–Crippen LogP) is 3.15. The molecule has 140 valence electrons. The van der Waals surface area contributed by atoms with Crippen LogP contribution in [0.3, 0.4) is 0 Å². The molecule has 0 spiro atoms. The Hall–Kier alpha value is -3.40. The Kier molecular flexibility index (Phi) is 5.36. The van der Waals surface area contributed by atoms with E-state index in [1.54, 1.807) is 38.1 Å². The van der Waals surface area contributed by atoms with E-state index in [0.717, 1.165) is 11.3 Å². The lowest BCUT2D eigenvalue weighted by molar-refractivity contribution is -0.402. The van der Waals surface area contributed by atoms with Crippen molar-refractivity contribution in [1.82, 2.24) is 4.68 Å². The monoisotopic (exact) mass is 388 g/mol. The fourth-order valence-corrected chi connectivity index (χ4v) is 3.18. The van der Waals surface area contributed by atoms with Crippen molar-refractivity contribution < 1.29 is 18.8 Å². The molecule has 0 bridgehead atoms. The maximum absolute atomic E-state index is 10.7. The number of nitrogens with zero attached hydrogens (tertiary/aromatic N) is 4. The van der Waals surface area contributed by atoms with Crippen LogP contribution in [0.4, 0.5) is 5.88 Å². The van der Waals surface area contributed by atoms with Gasteiger partial charge in [0.15, 0.2) is 5.76 Å². The van der Waals surface area contributed by atoms with Gasteiger partial charge in [0.1, 0.15) is 16.4 Å². The van der Waals surface area contributed by atoms with E-state index in [1.807, 2.05) is 11.4 Å². The van der Waals surface area contributed by atoms with Gasteiger partial charge in [-0.3, -0.25) is 15.1 Å². The summed E-state index contributed by atoms with van der Waals surface area (Å²) in [5.74, 6) is 1.23. The number of thiazole rings is 1. The second-order valence-electron chi connectivity index (χ2n) is 5.18. The third-order valence-electron chi connectivity index (χ3n) is 3.65. The zero-order chi connectivity index (χ0) is 19.4. The molecule has 1 aromatic carbocycles. The molecule has 2 heterocycles. The third kappa shape index (κ3) is 3.75. The van der Waals surface area contributed by atoms with Crippen LogP contribution in [-0.4, -0.2) is 37.1 Å². The molecule has 2 aromatic heterocycles. The van der Waals surface area contributed by atoms with E-state index in [4.69, 9.17) is 13.9 Å². The minimum atomic E-state index is -0.603. The number of furan rings is 1. The molecule has 3 aromatic rings. The van der Waals surface area contributed by atoms with Crippen LogP contribution in [-0.2, 0) is 0 Å². The molecule has 0 aliphatic heterocycles. The van der Waals surface area contributed by atoms with Crippen LogP contribution in [0.15, 0.2) is 50.2 Å². The lowest BCUT2D eigenvalue weighted by atomic mass is 10.1. The van der Waals surface area contributed by atoms with E-state index >= 15 is 0 Å². The van der Waals surface area contributed by atoms with Crippen LogP contribution in [0.5, 0.6) is 11.5 Å². The van der Waals surface area contributed by atoms with E-state index < -0.39 is 4.92 Å². The first-order chi connectivity index (χ1) is 13.1. The fraction of sp³-hybridized carbons (Fsp3) is 0.176. The molecule has 9 nitrogen and oxygen atoms in total. The molecule has 0 aliphatic carbocycles. The van der Waals surface area contributed by atoms with Crippen molar-refractivity contribution in [3.05, 3.63) is 56.4 Å². The molecule has 0 radical (unpaired) electrons. The first-order valence-electron chi connectivity index (χ1n) is 7.71. The van der Waals surface area contributed by atoms with Crippen molar-refractivity contribution >= 4 is 23.4 Å². The van der Waals surface area contributed by atoms with E-state index in [9.17, 15) is 10.1 Å². The normalized spacial score (nSPS) is 11.9. The summed E-state index contributed by atoms with van der Waals surface area (Å²) in [6.07, 6.45) is 1.39. The molecular weight excluding hydrogens is 372 g/mol. The van der Waals surface area contributed by atoms with E-state index in [1.165, 1.54) is 29.7 Å². The smallest absolute Gasteiger partial charge is 0.433 e. The van der Waals surface area contributed by atoms with Crippen molar-refractivity contribution in [1.29, 1.82) is 0 Å². The van der Waals surface area contributed by atoms with Gasteiger partial charge in [0.05, 0.1) is 32.2 Å². The van der Waals surface area contributed by atoms with E-state index in [-0.39, 0.29) is 11.6 Å². The standard InChI is InChI=1S/C17H16N4O5S/c1-18-17-20(19-9-12-5-7-16(26-12)21(22)23)14(10-27-17)13-8-11(24-2)4-6-15(13)25-3/h4-10H,1-3H3. The van der Waals surface area contributed by atoms with Crippen molar-refractivity contribution in [2.45, 2.75) is 0 Å². The number of nitro groups is 1. The molecule has 0 fully saturated rings. The second kappa shape index (κ2) is 7.87. The van der Waals surface area contributed by atoms with Gasteiger partial charge in [-0.15, -0.1) is 11.3 Å². The lowest BCUT2D eigenvalue weighted by Crippen LogP contribution is -2.11. The topological polar surface area (TPSA) is 104 Å². The number of hydrogen-bond donors (Lipinski definition) is 0. The highest BCUT2D eigenvalue weighted by atomic mass is 32.1. The Balaban J connectivity index is 2.08. The second-order valence-corrected chi connectivity index (χ2v) is 6.02. The molecule has 0 saturated carbocycles. The highest BCUT2D eigenvalue weighted by Gasteiger charge is 2.14. The van der Waals surface area contributed by atoms with E-state index in [2.05, 4.69) is 10.1 Å². The first kappa shape index (κ1) is 18.4. The van der Waals surface area contributed by atoms with Crippen LogP contribution in [0.2, 0.25) is 0 Å². The summed E-state index contributed by atoms with van der Waals surface area (Å²) >= 11 is 1.40. The Labute approximate surface area is 158 Å². The summed E-state index contributed by atoms with van der Waals surface area (Å²) in [6.45, 7) is 0. The Morgan fingerprint density at radius 1 is 1.26 bits per heavy atom. The van der Waals surface area contributed by atoms with Crippen molar-refractivity contribution in [2.75, 3.05) is 21.3 Å². The average Bonchev–Trinajstić information content (AvgIpc) is 3.32. The quantitative estimate of drug-likeness (QED) is 0.366. The van der Waals surface area contributed by atoms with Gasteiger partial charge in [-0.2, -0.15) is 5.10 Å². The average molecular weight is 388 g/mol. The van der Waals surface area contributed by atoms with Crippen molar-refractivity contribution in [3.63, 3.8) is 0 Å². The van der Waals surface area contributed by atoms with Crippen LogP contribution in [0, 0.1) is 10.1 Å². The maximum Gasteiger partial charge on any atom is 0.433 e. The van der Waals surface area contributed by atoms with Gasteiger partial charge < -0.3 is 13.9 Å². The van der Waals surface area contributed by atoms with Crippen molar-refractivity contribution in [2.24, 2.45) is 10.1 Å². The molecule has 0 amide bonds. The minimum absolute atomic E-state index is 0.256. The highest BCUT2D eigenvalue weighted by molar-refractivity contribution is 7.07. The molecule has 0 atom stereocenters. The minimum Gasteiger partial charge on any atom is -0.497 e. The van der Waals surface area contributed by atoms with Gasteiger partial charge in [0.25, 0.3) is 0 Å². The van der Waals surface area contributed by atoms with Crippen LogP contribution in [0.1, 0.15) is 5.76 Å². The SMILES string of the molecule is CN=c1scc(-c2cc(OC)ccc2OC)n1N=Cc1ccc([N+](=O)[O-])o1. The molecule has 0 N–H and O–H groups in total. The van der Waals surface area contributed by atoms with Crippen molar-refractivity contribution in [3.8, 4) is 22.8 Å². The van der Waals surface area contributed by atoms with E-state index in [0.29, 0.717) is 16.3 Å². The molecule has 0 saturated heterocycles. The van der Waals surface area contributed by atoms with Gasteiger partial charge in [-0.1, -0.05) is 0 Å². The largest absolute Gasteiger partial charge is 0.497 e. The summed E-state index contributed by atoms with van der Waals surface area (Å²) < 4.78 is 17.5. The molecule has 27 heavy (non-hydrogen) atoms. The first-order valence-corrected chi connectivity index (χ1v) is 8.59. The van der Waals surface area contributed by atoms with Gasteiger partial charge in [0.2, 0.25) is 4.80 Å². The summed E-state index contributed by atoms with van der Waals surface area (Å²) in [4.78, 5) is 15.0. The maximum atomic E-state index is 10.7. The number of aromatic nitrogens is 1. The Morgan fingerprint density at radius 3 is 2.70 bits per heavy atom. The van der Waals surface area contributed by atoms with Gasteiger partial charge >= 0.3 is 5.88 Å². The molecule has 0 aliphatic rings. The Bertz CT molecular complexity index is 1060. The van der Waals surface area contributed by atoms with Gasteiger partial charge in [0, 0.05) is 18.0 Å². The molecule has 10 heteroatoms. The lowest BCUT2D eigenvalue weighted by Gasteiger charge is -2.10. The summed E-state index contributed by atoms with van der Waals surface area (Å²) in [5.41, 5.74) is 1.50. The van der Waals surface area contributed by atoms with Crippen LogP contribution in [0.25, 0.3) is 11.3 Å². The fourth-order valence-electron chi connectivity index (χ4n) is 2.39. The van der Waals surface area contributed by atoms with Gasteiger partial charge in [-0.25, -0.2) is 4.68 Å². The zero-order valence-electron chi connectivity index (χ0n) is 14.8. The highest BCUT2D eigenvalue weighted by Crippen LogP contribution is 2.33. The van der Waals surface area contributed by atoms with Crippen LogP contribution >= 0.6 is 11.3 Å². The predicted molar refractivity (Wildman–Crippen MR) is 101 cm³/mol. The summed E-state index contributed by atoms with van der Waals surface area (Å²) in [7, 11) is 4.82. The summed E-state index contributed by atoms with van der Waals surface area (Å²) in [6, 6.07) is 8.19. The number of benzene rings is 1. The number of hydrogen-bond acceptors (Lipinski definition) is 8. The third-order valence-corrected chi connectivity index (χ3v) is 4.56. The van der Waals surface area contributed by atoms with Crippen LogP contribution < -0.4 is 14.3 Å².